The van der Waals surface area contributed by atoms with Gasteiger partial charge in [0.25, 0.3) is 5.91 Å². The van der Waals surface area contributed by atoms with E-state index in [4.69, 9.17) is 17.0 Å². The molecule has 122 valence electrons. The maximum atomic E-state index is 11.8. The van der Waals surface area contributed by atoms with Gasteiger partial charge in [-0.05, 0) is 60.9 Å². The first-order valence-electron chi connectivity index (χ1n) is 7.42. The van der Waals surface area contributed by atoms with Crippen molar-refractivity contribution in [3.63, 3.8) is 0 Å². The van der Waals surface area contributed by atoms with Crippen LogP contribution < -0.4 is 10.1 Å². The van der Waals surface area contributed by atoms with Crippen LogP contribution in [0.4, 0.5) is 0 Å². The van der Waals surface area contributed by atoms with Crippen LogP contribution in [-0.4, -0.2) is 15.2 Å². The quantitative estimate of drug-likeness (QED) is 0.668. The fraction of sp³-hybridized carbons (Fsp3) is 0.167. The highest BCUT2D eigenvalue weighted by Crippen LogP contribution is 2.30. The van der Waals surface area contributed by atoms with Gasteiger partial charge in [-0.2, -0.15) is 0 Å². The van der Waals surface area contributed by atoms with E-state index in [-0.39, 0.29) is 5.91 Å². The van der Waals surface area contributed by atoms with Gasteiger partial charge in [0.05, 0.1) is 10.6 Å². The number of hydrogen-bond donors (Lipinski definition) is 1. The van der Waals surface area contributed by atoms with E-state index < -0.39 is 0 Å². The average molecular weight is 356 g/mol. The number of amides is 1. The summed E-state index contributed by atoms with van der Waals surface area (Å²) in [7, 11) is 0. The Hall–Kier alpha value is -2.18. The highest BCUT2D eigenvalue weighted by atomic mass is 32.2. The Morgan fingerprint density at radius 1 is 1.29 bits per heavy atom. The van der Waals surface area contributed by atoms with Gasteiger partial charge in [-0.25, -0.2) is 0 Å². The van der Waals surface area contributed by atoms with E-state index in [1.807, 2.05) is 50.3 Å². The minimum atomic E-state index is -0.143. The Labute approximate surface area is 150 Å². The first kappa shape index (κ1) is 16.7. The zero-order valence-corrected chi connectivity index (χ0v) is 15.0. The van der Waals surface area contributed by atoms with Crippen LogP contribution in [0.1, 0.15) is 22.4 Å². The highest BCUT2D eigenvalue weighted by Gasteiger charge is 2.22. The molecule has 0 unspecified atom stereocenters. The second kappa shape index (κ2) is 7.15. The largest absolute Gasteiger partial charge is 0.487 e. The van der Waals surface area contributed by atoms with Crippen LogP contribution in [0.5, 0.6) is 5.75 Å². The molecule has 1 aliphatic heterocycles. The fourth-order valence-electron chi connectivity index (χ4n) is 2.50. The molecule has 0 saturated carbocycles. The molecule has 2 heterocycles. The normalized spacial score (nSPS) is 15.7. The summed E-state index contributed by atoms with van der Waals surface area (Å²) < 4.78 is 6.42. The topological polar surface area (TPSA) is 51.2 Å². The Bertz CT molecular complexity index is 809. The number of benzene rings is 1. The summed E-state index contributed by atoms with van der Waals surface area (Å²) in [5.41, 5.74) is 3.88. The molecule has 1 aromatic carbocycles. The van der Waals surface area contributed by atoms with Crippen molar-refractivity contribution in [1.29, 1.82) is 0 Å². The zero-order valence-electron chi connectivity index (χ0n) is 13.3. The van der Waals surface area contributed by atoms with E-state index in [1.54, 1.807) is 6.20 Å². The molecule has 4 nitrogen and oxygen atoms in total. The molecule has 1 aliphatic rings. The SMILES string of the molecule is Cc1cc(/C=C2\SC(=S)NC2=O)cc(C)c1OCc1ccccn1. The van der Waals surface area contributed by atoms with Gasteiger partial charge in [0.2, 0.25) is 0 Å². The monoisotopic (exact) mass is 356 g/mol. The number of carbonyl (C=O) groups excluding carboxylic acids is 1. The van der Waals surface area contributed by atoms with E-state index in [1.165, 1.54) is 11.8 Å². The lowest BCUT2D eigenvalue weighted by atomic mass is 10.1. The van der Waals surface area contributed by atoms with Crippen LogP contribution in [0, 0.1) is 13.8 Å². The number of aromatic nitrogens is 1. The molecule has 1 aromatic heterocycles. The number of aryl methyl sites for hydroxylation is 2. The molecule has 0 spiro atoms. The number of thioether (sulfide) groups is 1. The van der Waals surface area contributed by atoms with Crippen molar-refractivity contribution in [2.75, 3.05) is 0 Å². The van der Waals surface area contributed by atoms with Crippen LogP contribution in [0.25, 0.3) is 6.08 Å². The van der Waals surface area contributed by atoms with E-state index in [9.17, 15) is 4.79 Å². The molecule has 1 N–H and O–H groups in total. The molecular weight excluding hydrogens is 340 g/mol. The summed E-state index contributed by atoms with van der Waals surface area (Å²) in [5, 5.41) is 2.62. The molecule has 0 radical (unpaired) electrons. The molecule has 0 atom stereocenters. The highest BCUT2D eigenvalue weighted by molar-refractivity contribution is 8.26. The van der Waals surface area contributed by atoms with E-state index in [0.29, 0.717) is 15.8 Å². The van der Waals surface area contributed by atoms with Crippen LogP contribution in [0.15, 0.2) is 41.4 Å². The number of pyridine rings is 1. The maximum Gasteiger partial charge on any atom is 0.263 e. The molecule has 0 aliphatic carbocycles. The summed E-state index contributed by atoms with van der Waals surface area (Å²) in [6.07, 6.45) is 3.60. The van der Waals surface area contributed by atoms with Crippen molar-refractivity contribution in [3.05, 3.63) is 63.8 Å². The molecule has 0 bridgehead atoms. The van der Waals surface area contributed by atoms with Crippen molar-refractivity contribution in [2.45, 2.75) is 20.5 Å². The lowest BCUT2D eigenvalue weighted by molar-refractivity contribution is -0.115. The lowest BCUT2D eigenvalue weighted by Gasteiger charge is -2.13. The molecule has 1 amide bonds. The third-order valence-corrected chi connectivity index (χ3v) is 4.68. The Balaban J connectivity index is 1.80. The van der Waals surface area contributed by atoms with Crippen molar-refractivity contribution in [2.24, 2.45) is 0 Å². The van der Waals surface area contributed by atoms with Gasteiger partial charge in [0, 0.05) is 6.20 Å². The minimum Gasteiger partial charge on any atom is -0.487 e. The molecule has 24 heavy (non-hydrogen) atoms. The summed E-state index contributed by atoms with van der Waals surface area (Å²) in [6.45, 7) is 4.42. The van der Waals surface area contributed by atoms with Crippen LogP contribution >= 0.6 is 24.0 Å². The van der Waals surface area contributed by atoms with Gasteiger partial charge in [-0.3, -0.25) is 9.78 Å². The Morgan fingerprint density at radius 3 is 2.62 bits per heavy atom. The summed E-state index contributed by atoms with van der Waals surface area (Å²) in [4.78, 5) is 16.6. The van der Waals surface area contributed by atoms with E-state index in [0.717, 1.165) is 28.1 Å². The van der Waals surface area contributed by atoms with Gasteiger partial charge < -0.3 is 10.1 Å². The third-order valence-electron chi connectivity index (χ3n) is 3.51. The molecule has 3 rings (SSSR count). The Kier molecular flexibility index (Phi) is 4.97. The van der Waals surface area contributed by atoms with E-state index in [2.05, 4.69) is 10.3 Å². The van der Waals surface area contributed by atoms with Crippen LogP contribution in [-0.2, 0) is 11.4 Å². The molecule has 2 aromatic rings. The lowest BCUT2D eigenvalue weighted by Crippen LogP contribution is -2.17. The third kappa shape index (κ3) is 3.83. The number of rotatable bonds is 4. The second-order valence-corrected chi connectivity index (χ2v) is 7.16. The first-order valence-corrected chi connectivity index (χ1v) is 8.64. The number of hydrogen-bond acceptors (Lipinski definition) is 5. The first-order chi connectivity index (χ1) is 11.5. The number of carbonyl (C=O) groups is 1. The predicted octanol–water partition coefficient (Wildman–Crippen LogP) is 3.77. The number of ether oxygens (including phenoxy) is 1. The van der Waals surface area contributed by atoms with Gasteiger partial charge in [0.15, 0.2) is 0 Å². The summed E-state index contributed by atoms with van der Waals surface area (Å²) in [5.74, 6) is 0.706. The number of nitrogens with zero attached hydrogens (tertiary/aromatic N) is 1. The zero-order chi connectivity index (χ0) is 17.1. The van der Waals surface area contributed by atoms with Gasteiger partial charge >= 0.3 is 0 Å². The molecule has 6 heteroatoms. The van der Waals surface area contributed by atoms with Crippen molar-refractivity contribution in [3.8, 4) is 5.75 Å². The number of thiocarbonyl (C=S) groups is 1. The van der Waals surface area contributed by atoms with Crippen LogP contribution in [0.3, 0.4) is 0 Å². The number of nitrogens with one attached hydrogen (secondary N) is 1. The van der Waals surface area contributed by atoms with Gasteiger partial charge in [-0.1, -0.05) is 30.0 Å². The average Bonchev–Trinajstić information content (AvgIpc) is 2.85. The molecular formula is C18H16N2O2S2. The van der Waals surface area contributed by atoms with Crippen molar-refractivity contribution >= 4 is 40.3 Å². The van der Waals surface area contributed by atoms with Crippen LogP contribution in [0.2, 0.25) is 0 Å². The second-order valence-electron chi connectivity index (χ2n) is 5.45. The Morgan fingerprint density at radius 2 is 2.04 bits per heavy atom. The van der Waals surface area contributed by atoms with Gasteiger partial charge in [0.1, 0.15) is 16.7 Å². The predicted molar refractivity (Wildman–Crippen MR) is 101 cm³/mol. The standard InChI is InChI=1S/C18H16N2O2S2/c1-11-7-13(9-15-17(21)20-18(23)24-15)8-12(2)16(11)22-10-14-5-3-4-6-19-14/h3-9H,10H2,1-2H3,(H,20,21,23)/b15-9-. The summed E-state index contributed by atoms with van der Waals surface area (Å²) >= 11 is 6.29. The maximum absolute atomic E-state index is 11.8. The van der Waals surface area contributed by atoms with Crippen molar-refractivity contribution < 1.29 is 9.53 Å². The van der Waals surface area contributed by atoms with Gasteiger partial charge in [-0.15, -0.1) is 0 Å². The van der Waals surface area contributed by atoms with Crippen molar-refractivity contribution in [1.82, 2.24) is 10.3 Å². The minimum absolute atomic E-state index is 0.143. The smallest absolute Gasteiger partial charge is 0.263 e. The molecule has 1 saturated heterocycles. The summed E-state index contributed by atoms with van der Waals surface area (Å²) in [6, 6.07) is 9.76. The fourth-order valence-corrected chi connectivity index (χ4v) is 3.54. The van der Waals surface area contributed by atoms with E-state index >= 15 is 0 Å². The molecule has 1 fully saturated rings.